The minimum absolute atomic E-state index is 0.0164. The first-order valence-corrected chi connectivity index (χ1v) is 10.9. The molecule has 2 aromatic rings. The van der Waals surface area contributed by atoms with Crippen molar-refractivity contribution in [1.82, 2.24) is 14.1 Å². The fourth-order valence-electron chi connectivity index (χ4n) is 3.30. The molecule has 3 rings (SSSR count). The van der Waals surface area contributed by atoms with Gasteiger partial charge in [-0.15, -0.1) is 0 Å². The SMILES string of the molecule is COc1ccc(S(=O)(=O)N2CCN(C(=O)CN(C)Cc3ccc(C)o3)CC2)cc1. The number of benzene rings is 1. The lowest BCUT2D eigenvalue weighted by molar-refractivity contribution is -0.133. The molecule has 2 heterocycles. The van der Waals surface area contributed by atoms with E-state index in [1.807, 2.05) is 31.0 Å². The van der Waals surface area contributed by atoms with Gasteiger partial charge in [0.1, 0.15) is 17.3 Å². The number of piperazine rings is 1. The van der Waals surface area contributed by atoms with Gasteiger partial charge >= 0.3 is 0 Å². The Bertz CT molecular complexity index is 931. The number of carbonyl (C=O) groups is 1. The second-order valence-electron chi connectivity index (χ2n) is 7.15. The molecular weight excluding hydrogens is 394 g/mol. The topological polar surface area (TPSA) is 83.3 Å². The van der Waals surface area contributed by atoms with E-state index in [1.54, 1.807) is 17.0 Å². The molecule has 1 aromatic heterocycles. The number of hydrogen-bond donors (Lipinski definition) is 0. The molecule has 1 aromatic carbocycles. The molecule has 0 N–H and O–H groups in total. The van der Waals surface area contributed by atoms with E-state index < -0.39 is 10.0 Å². The van der Waals surface area contributed by atoms with Crippen molar-refractivity contribution in [3.8, 4) is 5.75 Å². The zero-order valence-electron chi connectivity index (χ0n) is 17.0. The minimum Gasteiger partial charge on any atom is -0.497 e. The quantitative estimate of drug-likeness (QED) is 0.675. The molecular formula is C20H27N3O5S. The summed E-state index contributed by atoms with van der Waals surface area (Å²) >= 11 is 0. The van der Waals surface area contributed by atoms with E-state index in [0.717, 1.165) is 11.5 Å². The number of ether oxygens (including phenoxy) is 1. The van der Waals surface area contributed by atoms with Gasteiger partial charge in [-0.25, -0.2) is 8.42 Å². The number of likely N-dealkylation sites (N-methyl/N-ethyl adjacent to an activating group) is 1. The molecule has 0 radical (unpaired) electrons. The van der Waals surface area contributed by atoms with Gasteiger partial charge < -0.3 is 14.1 Å². The Hall–Kier alpha value is -2.36. The third kappa shape index (κ3) is 5.17. The average molecular weight is 422 g/mol. The Morgan fingerprint density at radius 1 is 1.10 bits per heavy atom. The van der Waals surface area contributed by atoms with E-state index in [-0.39, 0.29) is 30.4 Å². The highest BCUT2D eigenvalue weighted by molar-refractivity contribution is 7.89. The van der Waals surface area contributed by atoms with E-state index >= 15 is 0 Å². The van der Waals surface area contributed by atoms with Crippen molar-refractivity contribution in [3.05, 3.63) is 47.9 Å². The molecule has 0 atom stereocenters. The van der Waals surface area contributed by atoms with Crippen LogP contribution in [0.3, 0.4) is 0 Å². The van der Waals surface area contributed by atoms with Crippen LogP contribution in [0.1, 0.15) is 11.5 Å². The number of nitrogens with zero attached hydrogens (tertiary/aromatic N) is 3. The largest absolute Gasteiger partial charge is 0.497 e. The summed E-state index contributed by atoms with van der Waals surface area (Å²) in [7, 11) is -0.185. The average Bonchev–Trinajstić information content (AvgIpc) is 3.12. The van der Waals surface area contributed by atoms with Crippen LogP contribution in [0.15, 0.2) is 45.7 Å². The van der Waals surface area contributed by atoms with Crippen LogP contribution in [0, 0.1) is 6.92 Å². The Kier molecular flexibility index (Phi) is 6.61. The van der Waals surface area contributed by atoms with Gasteiger partial charge in [0.05, 0.1) is 25.1 Å². The van der Waals surface area contributed by atoms with Crippen LogP contribution in [0.2, 0.25) is 0 Å². The van der Waals surface area contributed by atoms with Crippen molar-refractivity contribution < 1.29 is 22.4 Å². The minimum atomic E-state index is -3.58. The Morgan fingerprint density at radius 2 is 1.76 bits per heavy atom. The molecule has 1 aliphatic heterocycles. The number of methoxy groups -OCH3 is 1. The number of furan rings is 1. The number of rotatable bonds is 7. The van der Waals surface area contributed by atoms with Crippen LogP contribution >= 0.6 is 0 Å². The fourth-order valence-corrected chi connectivity index (χ4v) is 4.72. The van der Waals surface area contributed by atoms with Crippen LogP contribution in [0.4, 0.5) is 0 Å². The van der Waals surface area contributed by atoms with Crippen molar-refractivity contribution in [2.45, 2.75) is 18.4 Å². The number of aryl methyl sites for hydroxylation is 1. The monoisotopic (exact) mass is 421 g/mol. The summed E-state index contributed by atoms with van der Waals surface area (Å²) in [6, 6.07) is 10.1. The molecule has 1 fully saturated rings. The third-order valence-electron chi connectivity index (χ3n) is 4.92. The lowest BCUT2D eigenvalue weighted by atomic mass is 10.3. The van der Waals surface area contributed by atoms with Gasteiger partial charge in [-0.1, -0.05) is 0 Å². The molecule has 0 bridgehead atoms. The standard InChI is InChI=1S/C20H27N3O5S/c1-16-4-5-18(28-16)14-21(2)15-20(24)22-10-12-23(13-11-22)29(25,26)19-8-6-17(27-3)7-9-19/h4-9H,10-15H2,1-3H3. The van der Waals surface area contributed by atoms with Crippen LogP contribution < -0.4 is 4.74 Å². The fraction of sp³-hybridized carbons (Fsp3) is 0.450. The van der Waals surface area contributed by atoms with Gasteiger partial charge in [0, 0.05) is 26.2 Å². The summed E-state index contributed by atoms with van der Waals surface area (Å²) in [5.74, 6) is 2.24. The zero-order chi connectivity index (χ0) is 21.0. The van der Waals surface area contributed by atoms with Gasteiger partial charge in [0.2, 0.25) is 15.9 Å². The molecule has 1 amide bonds. The molecule has 9 heteroatoms. The Balaban J connectivity index is 1.53. The Morgan fingerprint density at radius 3 is 2.31 bits per heavy atom. The van der Waals surface area contributed by atoms with Crippen LogP contribution in [0.5, 0.6) is 5.75 Å². The molecule has 1 aliphatic rings. The maximum absolute atomic E-state index is 12.8. The van der Waals surface area contributed by atoms with E-state index in [9.17, 15) is 13.2 Å². The smallest absolute Gasteiger partial charge is 0.243 e. The van der Waals surface area contributed by atoms with Crippen molar-refractivity contribution in [2.75, 3.05) is 46.9 Å². The van der Waals surface area contributed by atoms with Crippen LogP contribution in [0.25, 0.3) is 0 Å². The lowest BCUT2D eigenvalue weighted by Crippen LogP contribution is -2.52. The number of amides is 1. The first-order valence-electron chi connectivity index (χ1n) is 9.45. The van der Waals surface area contributed by atoms with Gasteiger partial charge in [0.25, 0.3) is 0 Å². The summed E-state index contributed by atoms with van der Waals surface area (Å²) in [4.78, 5) is 16.4. The van der Waals surface area contributed by atoms with Crippen LogP contribution in [-0.2, 0) is 21.4 Å². The number of sulfonamides is 1. The third-order valence-corrected chi connectivity index (χ3v) is 6.83. The predicted octanol–water partition coefficient (Wildman–Crippen LogP) is 1.56. The maximum Gasteiger partial charge on any atom is 0.243 e. The summed E-state index contributed by atoms with van der Waals surface area (Å²) in [5.41, 5.74) is 0. The first kappa shape index (κ1) is 21.4. The highest BCUT2D eigenvalue weighted by Gasteiger charge is 2.30. The van der Waals surface area contributed by atoms with Crippen molar-refractivity contribution in [3.63, 3.8) is 0 Å². The molecule has 0 saturated carbocycles. The van der Waals surface area contributed by atoms with Crippen molar-refractivity contribution >= 4 is 15.9 Å². The second-order valence-corrected chi connectivity index (χ2v) is 9.08. The normalized spacial score (nSPS) is 15.7. The number of hydrogen-bond acceptors (Lipinski definition) is 6. The van der Waals surface area contributed by atoms with Crippen LogP contribution in [-0.4, -0.2) is 75.3 Å². The highest BCUT2D eigenvalue weighted by Crippen LogP contribution is 2.20. The molecule has 8 nitrogen and oxygen atoms in total. The highest BCUT2D eigenvalue weighted by atomic mass is 32.2. The van der Waals surface area contributed by atoms with Crippen molar-refractivity contribution in [1.29, 1.82) is 0 Å². The predicted molar refractivity (Wildman–Crippen MR) is 108 cm³/mol. The van der Waals surface area contributed by atoms with Gasteiger partial charge in [-0.3, -0.25) is 9.69 Å². The summed E-state index contributed by atoms with van der Waals surface area (Å²) in [6.07, 6.45) is 0. The summed E-state index contributed by atoms with van der Waals surface area (Å²) in [5, 5.41) is 0. The summed E-state index contributed by atoms with van der Waals surface area (Å²) in [6.45, 7) is 4.00. The molecule has 29 heavy (non-hydrogen) atoms. The zero-order valence-corrected chi connectivity index (χ0v) is 17.8. The molecule has 0 spiro atoms. The maximum atomic E-state index is 12.8. The molecule has 1 saturated heterocycles. The molecule has 0 unspecified atom stereocenters. The Labute approximate surface area is 171 Å². The van der Waals surface area contributed by atoms with E-state index in [0.29, 0.717) is 25.4 Å². The van der Waals surface area contributed by atoms with Gasteiger partial charge in [-0.05, 0) is 50.4 Å². The van der Waals surface area contributed by atoms with Crippen molar-refractivity contribution in [2.24, 2.45) is 0 Å². The second kappa shape index (κ2) is 8.98. The number of carbonyl (C=O) groups excluding carboxylic acids is 1. The first-order chi connectivity index (χ1) is 13.8. The summed E-state index contributed by atoms with van der Waals surface area (Å²) < 4.78 is 37.7. The van der Waals surface area contributed by atoms with E-state index in [1.165, 1.54) is 23.5 Å². The van der Waals surface area contributed by atoms with E-state index in [2.05, 4.69) is 0 Å². The van der Waals surface area contributed by atoms with E-state index in [4.69, 9.17) is 9.15 Å². The van der Waals surface area contributed by atoms with Gasteiger partial charge in [0.15, 0.2) is 0 Å². The lowest BCUT2D eigenvalue weighted by Gasteiger charge is -2.34. The van der Waals surface area contributed by atoms with Gasteiger partial charge in [-0.2, -0.15) is 4.31 Å². The molecule has 158 valence electrons. The molecule has 0 aliphatic carbocycles.